The van der Waals surface area contributed by atoms with E-state index >= 15 is 0 Å². The average Bonchev–Trinajstić information content (AvgIpc) is 3.08. The summed E-state index contributed by atoms with van der Waals surface area (Å²) in [7, 11) is 1.97. The maximum atomic E-state index is 5.41. The number of hydrogen-bond acceptors (Lipinski definition) is 6. The zero-order valence-corrected chi connectivity index (χ0v) is 20.9. The average molecular weight is 545 g/mol. The number of nitrogens with one attached hydrogen (secondary N) is 2. The molecule has 0 aliphatic carbocycles. The minimum absolute atomic E-state index is 0. The highest BCUT2D eigenvalue weighted by Crippen LogP contribution is 2.15. The second-order valence-electron chi connectivity index (χ2n) is 6.86. The number of halogens is 1. The Morgan fingerprint density at radius 1 is 1.13 bits per heavy atom. The summed E-state index contributed by atoms with van der Waals surface area (Å²) in [6, 6.07) is 10.4. The van der Waals surface area contributed by atoms with E-state index in [1.54, 1.807) is 0 Å². The fourth-order valence-corrected chi connectivity index (χ4v) is 3.71. The first kappa shape index (κ1) is 24.9. The van der Waals surface area contributed by atoms with E-state index in [1.165, 1.54) is 4.90 Å². The van der Waals surface area contributed by atoms with Gasteiger partial charge in [-0.2, -0.15) is 0 Å². The number of nitrogens with zero attached hydrogens (tertiary/aromatic N) is 5. The minimum Gasteiger partial charge on any atom is -0.379 e. The van der Waals surface area contributed by atoms with Crippen LogP contribution in [0.1, 0.15) is 11.6 Å². The van der Waals surface area contributed by atoms with Gasteiger partial charge in [-0.25, -0.2) is 4.99 Å². The molecule has 0 atom stereocenters. The number of aliphatic imine (C=N–C) groups is 1. The van der Waals surface area contributed by atoms with Crippen LogP contribution in [0.25, 0.3) is 0 Å². The second kappa shape index (κ2) is 13.8. The van der Waals surface area contributed by atoms with Crippen LogP contribution in [-0.2, 0) is 18.3 Å². The fraction of sp³-hybridized carbons (Fsp3) is 0.550. The van der Waals surface area contributed by atoms with Crippen LogP contribution in [0.3, 0.4) is 0 Å². The maximum Gasteiger partial charge on any atom is 0.191 e. The van der Waals surface area contributed by atoms with Gasteiger partial charge in [0, 0.05) is 50.4 Å². The van der Waals surface area contributed by atoms with Gasteiger partial charge in [0.15, 0.2) is 11.8 Å². The molecule has 30 heavy (non-hydrogen) atoms. The Hall–Kier alpha value is -1.37. The number of guanidine groups is 1. The van der Waals surface area contributed by atoms with Gasteiger partial charge in [0.25, 0.3) is 0 Å². The van der Waals surface area contributed by atoms with Crippen LogP contribution in [0, 0.1) is 6.92 Å². The van der Waals surface area contributed by atoms with Gasteiger partial charge in [-0.05, 0) is 19.1 Å². The first-order chi connectivity index (χ1) is 14.2. The van der Waals surface area contributed by atoms with Gasteiger partial charge in [0.05, 0.1) is 13.2 Å². The van der Waals surface area contributed by atoms with Crippen molar-refractivity contribution < 1.29 is 4.74 Å². The van der Waals surface area contributed by atoms with Crippen molar-refractivity contribution in [3.05, 3.63) is 42.0 Å². The Balaban J connectivity index is 0.00000320. The zero-order chi connectivity index (χ0) is 20.3. The van der Waals surface area contributed by atoms with E-state index in [0.717, 1.165) is 69.3 Å². The van der Waals surface area contributed by atoms with Crippen LogP contribution in [0.4, 0.5) is 0 Å². The lowest BCUT2D eigenvalue weighted by molar-refractivity contribution is 0.0389. The van der Waals surface area contributed by atoms with E-state index in [-0.39, 0.29) is 24.0 Å². The lowest BCUT2D eigenvalue weighted by Crippen LogP contribution is -2.44. The second-order valence-corrected chi connectivity index (χ2v) is 8.02. The molecule has 1 aromatic heterocycles. The predicted molar refractivity (Wildman–Crippen MR) is 133 cm³/mol. The van der Waals surface area contributed by atoms with Crippen LogP contribution < -0.4 is 10.6 Å². The van der Waals surface area contributed by atoms with Crippen molar-refractivity contribution in [1.29, 1.82) is 0 Å². The van der Waals surface area contributed by atoms with E-state index in [1.807, 2.05) is 36.4 Å². The van der Waals surface area contributed by atoms with Crippen molar-refractivity contribution in [3.63, 3.8) is 0 Å². The van der Waals surface area contributed by atoms with Crippen molar-refractivity contribution in [2.45, 2.75) is 18.4 Å². The van der Waals surface area contributed by atoms with E-state index < -0.39 is 0 Å². The van der Waals surface area contributed by atoms with E-state index in [4.69, 9.17) is 9.73 Å². The van der Waals surface area contributed by atoms with Crippen molar-refractivity contribution in [2.75, 3.05) is 51.7 Å². The first-order valence-corrected chi connectivity index (χ1v) is 11.1. The van der Waals surface area contributed by atoms with Crippen LogP contribution in [0.5, 0.6) is 0 Å². The topological polar surface area (TPSA) is 79.6 Å². The summed E-state index contributed by atoms with van der Waals surface area (Å²) in [4.78, 5) is 8.40. The Morgan fingerprint density at radius 2 is 1.87 bits per heavy atom. The molecule has 0 amide bonds. The van der Waals surface area contributed by atoms with Gasteiger partial charge in [-0.1, -0.05) is 18.2 Å². The van der Waals surface area contributed by atoms with Gasteiger partial charge in [0.2, 0.25) is 0 Å². The van der Waals surface area contributed by atoms with Crippen LogP contribution in [-0.4, -0.2) is 77.3 Å². The van der Waals surface area contributed by atoms with Crippen molar-refractivity contribution in [1.82, 2.24) is 30.3 Å². The summed E-state index contributed by atoms with van der Waals surface area (Å²) < 4.78 is 7.39. The molecule has 8 nitrogen and oxygen atoms in total. The van der Waals surface area contributed by atoms with E-state index in [9.17, 15) is 0 Å². The normalized spacial score (nSPS) is 14.9. The molecule has 1 saturated heterocycles. The molecule has 10 heteroatoms. The molecule has 2 N–H and O–H groups in total. The molecular formula is C20H32IN7OS. The largest absolute Gasteiger partial charge is 0.379 e. The third-order valence-corrected chi connectivity index (χ3v) is 5.81. The van der Waals surface area contributed by atoms with Crippen LogP contribution in [0.2, 0.25) is 0 Å². The number of rotatable bonds is 9. The SMILES string of the molecule is Cc1nnc(CN=C(NCCSc2ccccc2)NCCN2CCOCC2)n1C.I. The number of aromatic nitrogens is 3. The van der Waals surface area contributed by atoms with Gasteiger partial charge in [-0.15, -0.1) is 45.9 Å². The highest BCUT2D eigenvalue weighted by molar-refractivity contribution is 14.0. The summed E-state index contributed by atoms with van der Waals surface area (Å²) >= 11 is 1.84. The van der Waals surface area contributed by atoms with Crippen LogP contribution in [0.15, 0.2) is 40.2 Å². The minimum atomic E-state index is 0. The Morgan fingerprint density at radius 3 is 2.57 bits per heavy atom. The fourth-order valence-electron chi connectivity index (χ4n) is 2.92. The first-order valence-electron chi connectivity index (χ1n) is 10.1. The number of hydrogen-bond donors (Lipinski definition) is 2. The molecule has 0 radical (unpaired) electrons. The van der Waals surface area contributed by atoms with E-state index in [0.29, 0.717) is 6.54 Å². The molecule has 2 aromatic rings. The lowest BCUT2D eigenvalue weighted by atomic mass is 10.4. The van der Waals surface area contributed by atoms with Gasteiger partial charge < -0.3 is 19.9 Å². The maximum absolute atomic E-state index is 5.41. The highest BCUT2D eigenvalue weighted by Gasteiger charge is 2.10. The van der Waals surface area contributed by atoms with E-state index in [2.05, 4.69) is 50.0 Å². The molecule has 0 spiro atoms. The third kappa shape index (κ3) is 8.40. The summed E-state index contributed by atoms with van der Waals surface area (Å²) in [5.74, 6) is 3.53. The van der Waals surface area contributed by atoms with Crippen LogP contribution >= 0.6 is 35.7 Å². The molecule has 166 valence electrons. The predicted octanol–water partition coefficient (Wildman–Crippen LogP) is 1.90. The highest BCUT2D eigenvalue weighted by atomic mass is 127. The Bertz CT molecular complexity index is 766. The number of thioether (sulfide) groups is 1. The number of benzene rings is 1. The Kier molecular flexibility index (Phi) is 11.5. The van der Waals surface area contributed by atoms with Crippen molar-refractivity contribution >= 4 is 41.7 Å². The molecule has 2 heterocycles. The molecule has 0 bridgehead atoms. The quantitative estimate of drug-likeness (QED) is 0.164. The Labute approximate surface area is 200 Å². The lowest BCUT2D eigenvalue weighted by Gasteiger charge is -2.26. The third-order valence-electron chi connectivity index (χ3n) is 4.79. The monoisotopic (exact) mass is 545 g/mol. The molecule has 0 saturated carbocycles. The summed E-state index contributed by atoms with van der Waals surface area (Å²) in [5.41, 5.74) is 0. The summed E-state index contributed by atoms with van der Waals surface area (Å²) in [5, 5.41) is 15.2. The summed E-state index contributed by atoms with van der Waals surface area (Å²) in [6.45, 7) is 8.73. The van der Waals surface area contributed by atoms with Crippen molar-refractivity contribution in [3.8, 4) is 0 Å². The molecular weight excluding hydrogens is 513 g/mol. The molecule has 0 unspecified atom stereocenters. The van der Waals surface area contributed by atoms with Gasteiger partial charge in [-0.3, -0.25) is 4.90 Å². The standard InChI is InChI=1S/C20H31N7OS.HI/c1-17-24-25-19(26(17)2)16-23-20(21-8-10-27-11-13-28-14-12-27)22-9-15-29-18-6-4-3-5-7-18;/h3-7H,8-16H2,1-2H3,(H2,21,22,23);1H. The number of morpholine rings is 1. The molecule has 1 fully saturated rings. The molecule has 3 rings (SSSR count). The molecule has 1 aromatic carbocycles. The summed E-state index contributed by atoms with van der Waals surface area (Å²) in [6.07, 6.45) is 0. The van der Waals surface area contributed by atoms with Gasteiger partial charge in [0.1, 0.15) is 12.4 Å². The molecule has 1 aliphatic heterocycles. The van der Waals surface area contributed by atoms with Gasteiger partial charge >= 0.3 is 0 Å². The number of aryl methyl sites for hydroxylation is 1. The smallest absolute Gasteiger partial charge is 0.191 e. The number of ether oxygens (including phenoxy) is 1. The van der Waals surface area contributed by atoms with Crippen molar-refractivity contribution in [2.24, 2.45) is 12.0 Å². The molecule has 1 aliphatic rings. The zero-order valence-electron chi connectivity index (χ0n) is 17.7.